The number of fused-ring (bicyclic) bond motifs is 5. The van der Waals surface area contributed by atoms with Gasteiger partial charge in [-0.1, -0.05) is 24.5 Å². The first-order valence-corrected chi connectivity index (χ1v) is 19.2. The summed E-state index contributed by atoms with van der Waals surface area (Å²) in [5, 5.41) is 9.34. The molecule has 3 aliphatic rings. The van der Waals surface area contributed by atoms with E-state index < -0.39 is 85.4 Å². The van der Waals surface area contributed by atoms with Crippen molar-refractivity contribution < 1.29 is 41.5 Å². The van der Waals surface area contributed by atoms with Crippen LogP contribution in [0, 0.1) is 0 Å². The minimum absolute atomic E-state index is 0.00600. The first-order chi connectivity index (χ1) is 21.3. The van der Waals surface area contributed by atoms with Gasteiger partial charge in [-0.3, -0.25) is 41.8 Å². The van der Waals surface area contributed by atoms with Crippen LogP contribution < -0.4 is 16.9 Å². The van der Waals surface area contributed by atoms with Crippen LogP contribution in [0.3, 0.4) is 0 Å². The highest BCUT2D eigenvalue weighted by atomic mass is 32.7. The molecule has 25 heteroatoms. The molecule has 2 bridgehead atoms. The Morgan fingerprint density at radius 3 is 2.42 bits per heavy atom. The van der Waals surface area contributed by atoms with Gasteiger partial charge in [0.25, 0.3) is 11.1 Å². The van der Waals surface area contributed by atoms with E-state index in [9.17, 15) is 23.8 Å². The average molecular weight is 726 g/mol. The number of aromatic amines is 2. The number of alkyl halides is 1. The highest BCUT2D eigenvalue weighted by Crippen LogP contribution is 2.62. The van der Waals surface area contributed by atoms with Gasteiger partial charge in [-0.15, -0.1) is 11.8 Å². The average Bonchev–Trinajstić information content (AvgIpc) is 3.72. The largest absolute Gasteiger partial charge is 0.389 e. The summed E-state index contributed by atoms with van der Waals surface area (Å²) in [4.78, 5) is 45.3. The second-order valence-corrected chi connectivity index (χ2v) is 17.2. The van der Waals surface area contributed by atoms with Crippen molar-refractivity contribution in [2.45, 2.75) is 47.4 Å². The van der Waals surface area contributed by atoms with Gasteiger partial charge < -0.3 is 20.6 Å². The molecule has 3 fully saturated rings. The molecule has 45 heavy (non-hydrogen) atoms. The highest BCUT2D eigenvalue weighted by Gasteiger charge is 2.53. The maximum Gasteiger partial charge on any atom is 0.386 e. The van der Waals surface area contributed by atoms with E-state index in [0.29, 0.717) is 0 Å². The number of H-pyrrole nitrogens is 2. The van der Waals surface area contributed by atoms with E-state index in [1.165, 1.54) is 10.9 Å². The number of ether oxygens (including phenoxy) is 1. The van der Waals surface area contributed by atoms with Crippen LogP contribution in [0.4, 0.5) is 10.3 Å². The monoisotopic (exact) mass is 725 g/mol. The predicted molar refractivity (Wildman–Crippen MR) is 161 cm³/mol. The van der Waals surface area contributed by atoms with E-state index in [2.05, 4.69) is 54.4 Å². The summed E-state index contributed by atoms with van der Waals surface area (Å²) < 4.78 is 73.4. The minimum Gasteiger partial charge on any atom is -0.389 e. The third kappa shape index (κ3) is 5.67. The summed E-state index contributed by atoms with van der Waals surface area (Å²) in [5.74, 6) is -0.199. The van der Waals surface area contributed by atoms with Crippen LogP contribution in [-0.2, 0) is 32.0 Å². The van der Waals surface area contributed by atoms with Crippen LogP contribution >= 0.6 is 49.9 Å². The Hall–Kier alpha value is -2.30. The zero-order valence-electron chi connectivity index (χ0n) is 22.2. The number of nitrogen functional groups attached to an aromatic ring is 1. The summed E-state index contributed by atoms with van der Waals surface area (Å²) in [6.07, 6.45) is -5.87. The molecule has 0 saturated carbocycles. The van der Waals surface area contributed by atoms with Gasteiger partial charge in [-0.2, -0.15) is 4.98 Å². The van der Waals surface area contributed by atoms with Crippen molar-refractivity contribution in [1.29, 1.82) is 0 Å². The fourth-order valence-electron chi connectivity index (χ4n) is 5.25. The Bertz CT molecular complexity index is 2010. The number of imidazole rings is 2. The summed E-state index contributed by atoms with van der Waals surface area (Å²) in [6.45, 7) is -9.86. The Labute approximate surface area is 264 Å². The molecule has 3 aliphatic heterocycles. The van der Waals surface area contributed by atoms with Gasteiger partial charge in [0.05, 0.1) is 43.5 Å². The van der Waals surface area contributed by atoms with E-state index in [1.54, 1.807) is 0 Å². The van der Waals surface area contributed by atoms with E-state index >= 15 is 4.39 Å². The van der Waals surface area contributed by atoms with Crippen molar-refractivity contribution >= 4 is 78.1 Å². The van der Waals surface area contributed by atoms with Crippen LogP contribution in [0.5, 0.6) is 0 Å². The Morgan fingerprint density at radius 2 is 1.67 bits per heavy atom. The Kier molecular flexibility index (Phi) is 7.96. The third-order valence-corrected chi connectivity index (χ3v) is 12.0. The number of nitrogens with one attached hydrogen (secondary N) is 2. The molecule has 0 amide bonds. The molecule has 0 aliphatic carbocycles. The molecule has 7 heterocycles. The number of hydrogen-bond acceptors (Lipinski definition) is 16. The van der Waals surface area contributed by atoms with E-state index in [4.69, 9.17) is 28.6 Å². The molecule has 0 unspecified atom stereocenters. The molecule has 4 aromatic rings. The van der Waals surface area contributed by atoms with Crippen LogP contribution in [0.2, 0.25) is 0 Å². The van der Waals surface area contributed by atoms with Crippen molar-refractivity contribution in [1.82, 2.24) is 39.0 Å². The number of rotatable bonds is 2. The van der Waals surface area contributed by atoms with Crippen molar-refractivity contribution in [3.05, 3.63) is 39.7 Å². The van der Waals surface area contributed by atoms with Crippen molar-refractivity contribution in [2.75, 3.05) is 18.9 Å². The van der Waals surface area contributed by atoms with Crippen LogP contribution in [0.1, 0.15) is 11.6 Å². The summed E-state index contributed by atoms with van der Waals surface area (Å²) in [6, 6.07) is 0. The first-order valence-electron chi connectivity index (χ1n) is 12.9. The molecule has 3 saturated heterocycles. The van der Waals surface area contributed by atoms with Crippen LogP contribution in [-0.4, -0.2) is 93.2 Å². The minimum atomic E-state index is -4.37. The zero-order chi connectivity index (χ0) is 31.8. The number of hydrogen-bond donors (Lipinski definition) is 6. The second-order valence-electron chi connectivity index (χ2n) is 10.1. The fourth-order valence-corrected chi connectivity index (χ4v) is 9.88. The lowest BCUT2D eigenvalue weighted by molar-refractivity contribution is -0.0427. The molecular formula is C20H22FN9O10P2S3. The first kappa shape index (κ1) is 31.3. The molecule has 10 atom stereocenters. The molecule has 0 radical (unpaired) electrons. The molecule has 4 aromatic heterocycles. The van der Waals surface area contributed by atoms with Gasteiger partial charge in [0.1, 0.15) is 23.7 Å². The van der Waals surface area contributed by atoms with Gasteiger partial charge in [0.15, 0.2) is 34.7 Å². The molecular weight excluding hydrogens is 703 g/mol. The van der Waals surface area contributed by atoms with Crippen LogP contribution in [0.15, 0.2) is 28.6 Å². The van der Waals surface area contributed by atoms with Crippen LogP contribution in [0.25, 0.3) is 22.3 Å². The lowest BCUT2D eigenvalue weighted by atomic mass is 10.1. The summed E-state index contributed by atoms with van der Waals surface area (Å²) in [5.41, 5.74) is 4.43. The fraction of sp³-hybridized carbons (Fsp3) is 0.500. The Morgan fingerprint density at radius 1 is 1.00 bits per heavy atom. The van der Waals surface area contributed by atoms with Gasteiger partial charge >= 0.3 is 13.6 Å². The number of thioether (sulfide) groups is 1. The normalized spacial score (nSPS) is 37.7. The zero-order valence-corrected chi connectivity index (χ0v) is 26.6. The molecule has 0 aromatic carbocycles. The number of thiol groups is 2. The summed E-state index contributed by atoms with van der Waals surface area (Å²) >= 11 is 9.11. The van der Waals surface area contributed by atoms with E-state index in [-0.39, 0.29) is 28.3 Å². The maximum atomic E-state index is 16.0. The van der Waals surface area contributed by atoms with Gasteiger partial charge in [-0.25, -0.2) is 28.5 Å². The standard InChI is InChI=1S/C20H22FN9O10P2S3/c21-8-12-6(38-18(8)29-4-25-9-14(29)23-3-24-16(9)32)1-36-41(34,43)40-13-11(31)7(2-37-42(35,44)39-12)45-19(13)30-5-26-10-15(30)27-20(22)28-17(10)33/h3-8,11-13,18-19,31H,1-2H2,(H,34,43)(H,35,44)(H,23,24,32)(H3,22,27,28,33)/t6-,7-,8+,11-,12-,13-,18-,19-,41+,42-/m1/s1. The smallest absolute Gasteiger partial charge is 0.386 e. The lowest BCUT2D eigenvalue weighted by Crippen LogP contribution is -2.35. The molecule has 19 nitrogen and oxygen atoms in total. The number of halogens is 1. The molecule has 5 N–H and O–H groups in total. The SMILES string of the molecule is Nc1nc2c(ncn2[C@@H]2S[C@@H]3CO[P@@](=O)(S)O[C@H]4[C@H](F)[C@H](n5cnc6c(=O)[nH]cnc65)O[C@@H]4CO[P@](=O)(S)O[C@@H]2[C@@H]3O)c(=O)[nH]1. The topological polar surface area (TPSA) is 254 Å². The molecule has 242 valence electrons. The lowest BCUT2D eigenvalue weighted by Gasteiger charge is -2.26. The number of nitrogens with two attached hydrogens (primary N) is 1. The van der Waals surface area contributed by atoms with Crippen molar-refractivity contribution in [3.8, 4) is 0 Å². The van der Waals surface area contributed by atoms with E-state index in [0.717, 1.165) is 29.0 Å². The molecule has 7 rings (SSSR count). The summed E-state index contributed by atoms with van der Waals surface area (Å²) in [7, 11) is 0. The molecule has 0 spiro atoms. The third-order valence-electron chi connectivity index (χ3n) is 7.26. The maximum absolute atomic E-state index is 16.0. The van der Waals surface area contributed by atoms with E-state index in [1.807, 2.05) is 0 Å². The number of aliphatic hydroxyl groups is 1. The number of aliphatic hydroxyl groups excluding tert-OH is 1. The van der Waals surface area contributed by atoms with Gasteiger partial charge in [-0.05, 0) is 0 Å². The van der Waals surface area contributed by atoms with Crippen molar-refractivity contribution in [2.24, 2.45) is 0 Å². The second kappa shape index (κ2) is 11.4. The quantitative estimate of drug-likeness (QED) is 0.124. The number of aromatic nitrogens is 8. The van der Waals surface area contributed by atoms with Crippen molar-refractivity contribution in [3.63, 3.8) is 0 Å². The predicted octanol–water partition coefficient (Wildman–Crippen LogP) is 0.938. The number of anilines is 1. The van der Waals surface area contributed by atoms with Gasteiger partial charge in [0, 0.05) is 0 Å². The number of nitrogens with zero attached hydrogens (tertiary/aromatic N) is 6. The van der Waals surface area contributed by atoms with Gasteiger partial charge in [0.2, 0.25) is 5.95 Å². The highest BCUT2D eigenvalue weighted by molar-refractivity contribution is 8.44. The Balaban J connectivity index is 1.21.